The molecule has 1 fully saturated rings. The second-order valence-corrected chi connectivity index (χ2v) is 6.25. The largest absolute Gasteiger partial charge is 0.420 e. The Bertz CT molecular complexity index is 827. The van der Waals surface area contributed by atoms with Gasteiger partial charge in [0.15, 0.2) is 5.82 Å². The van der Waals surface area contributed by atoms with E-state index in [0.29, 0.717) is 19.6 Å². The predicted molar refractivity (Wildman–Crippen MR) is 91.6 cm³/mol. The van der Waals surface area contributed by atoms with Crippen molar-refractivity contribution in [3.63, 3.8) is 0 Å². The van der Waals surface area contributed by atoms with Gasteiger partial charge in [-0.25, -0.2) is 4.39 Å². The zero-order valence-electron chi connectivity index (χ0n) is 14.1. The molecule has 7 heteroatoms. The van der Waals surface area contributed by atoms with Crippen LogP contribution in [-0.2, 0) is 6.18 Å². The van der Waals surface area contributed by atoms with Gasteiger partial charge in [-0.05, 0) is 31.2 Å². The molecule has 0 aromatic heterocycles. The summed E-state index contributed by atoms with van der Waals surface area (Å²) in [4.78, 5) is 3.75. The number of anilines is 2. The minimum absolute atomic E-state index is 0.00414. The Morgan fingerprint density at radius 3 is 2.35 bits per heavy atom. The molecule has 1 atom stereocenters. The lowest BCUT2D eigenvalue weighted by molar-refractivity contribution is -0.140. The van der Waals surface area contributed by atoms with Gasteiger partial charge < -0.3 is 9.80 Å². The second-order valence-electron chi connectivity index (χ2n) is 6.25. The third-order valence-electron chi connectivity index (χ3n) is 4.58. The number of para-hydroxylation sites is 1. The highest BCUT2D eigenvalue weighted by Crippen LogP contribution is 2.38. The molecular weight excluding hydrogens is 346 g/mol. The Hall–Kier alpha value is -2.75. The molecule has 2 aromatic rings. The topological polar surface area (TPSA) is 30.3 Å². The van der Waals surface area contributed by atoms with Gasteiger partial charge in [-0.3, -0.25) is 0 Å². The molecule has 0 N–H and O–H groups in total. The molecule has 1 saturated heterocycles. The van der Waals surface area contributed by atoms with Crippen LogP contribution in [0.15, 0.2) is 42.5 Å². The van der Waals surface area contributed by atoms with Crippen LogP contribution in [0.25, 0.3) is 0 Å². The van der Waals surface area contributed by atoms with E-state index in [1.165, 1.54) is 12.1 Å². The van der Waals surface area contributed by atoms with Crippen LogP contribution < -0.4 is 9.80 Å². The van der Waals surface area contributed by atoms with Gasteiger partial charge in [0.1, 0.15) is 5.56 Å². The highest BCUT2D eigenvalue weighted by Gasteiger charge is 2.39. The lowest BCUT2D eigenvalue weighted by Crippen LogP contribution is -2.52. The number of halogens is 4. The molecule has 3 nitrogen and oxygen atoms in total. The van der Waals surface area contributed by atoms with Crippen molar-refractivity contribution in [2.24, 2.45) is 0 Å². The molecule has 0 aliphatic carbocycles. The maximum atomic E-state index is 14.6. The summed E-state index contributed by atoms with van der Waals surface area (Å²) in [5.41, 5.74) is -1.28. The van der Waals surface area contributed by atoms with Crippen LogP contribution in [-0.4, -0.2) is 25.7 Å². The van der Waals surface area contributed by atoms with Crippen molar-refractivity contribution < 1.29 is 17.6 Å². The lowest BCUT2D eigenvalue weighted by atomic mass is 10.0. The van der Waals surface area contributed by atoms with Crippen molar-refractivity contribution in [1.82, 2.24) is 0 Å². The van der Waals surface area contributed by atoms with E-state index in [2.05, 4.69) is 4.90 Å². The third kappa shape index (κ3) is 3.32. The van der Waals surface area contributed by atoms with Gasteiger partial charge in [0.2, 0.25) is 0 Å². The van der Waals surface area contributed by atoms with Gasteiger partial charge in [-0.15, -0.1) is 0 Å². The van der Waals surface area contributed by atoms with Crippen molar-refractivity contribution >= 4 is 11.4 Å². The number of piperazine rings is 1. The average Bonchev–Trinajstić information content (AvgIpc) is 2.61. The number of hydrogen-bond donors (Lipinski definition) is 0. The SMILES string of the molecule is C[C@H]1CN(c2ccc(C#N)c(C(F)(F)F)c2F)CCN1c1ccccc1. The number of nitrogens with zero attached hydrogens (tertiary/aromatic N) is 3. The van der Waals surface area contributed by atoms with Crippen molar-refractivity contribution in [2.45, 2.75) is 19.1 Å². The highest BCUT2D eigenvalue weighted by molar-refractivity contribution is 5.58. The van der Waals surface area contributed by atoms with E-state index in [1.807, 2.05) is 37.3 Å². The molecular formula is C19H17F4N3. The van der Waals surface area contributed by atoms with Crippen molar-refractivity contribution in [3.8, 4) is 6.07 Å². The molecule has 0 amide bonds. The lowest BCUT2D eigenvalue weighted by Gasteiger charge is -2.42. The van der Waals surface area contributed by atoms with Crippen molar-refractivity contribution in [2.75, 3.05) is 29.4 Å². The first-order chi connectivity index (χ1) is 12.3. The first kappa shape index (κ1) is 18.1. The van der Waals surface area contributed by atoms with Crippen molar-refractivity contribution in [1.29, 1.82) is 5.26 Å². The molecule has 2 aromatic carbocycles. The van der Waals surface area contributed by atoms with Crippen LogP contribution in [0.2, 0.25) is 0 Å². The van der Waals surface area contributed by atoms with Crippen LogP contribution in [0.4, 0.5) is 28.9 Å². The Morgan fingerprint density at radius 2 is 1.77 bits per heavy atom. The predicted octanol–water partition coefficient (Wildman–Crippen LogP) is 4.43. The zero-order chi connectivity index (χ0) is 18.9. The summed E-state index contributed by atoms with van der Waals surface area (Å²) in [5.74, 6) is -1.38. The van der Waals surface area contributed by atoms with Gasteiger partial charge in [0.25, 0.3) is 0 Å². The summed E-state index contributed by atoms with van der Waals surface area (Å²) in [5, 5.41) is 8.87. The molecule has 0 radical (unpaired) electrons. The quantitative estimate of drug-likeness (QED) is 0.740. The standard InChI is InChI=1S/C19H17F4N3/c1-13-12-25(9-10-26(13)15-5-3-2-4-6-15)16-8-7-14(11-24)17(18(16)20)19(21,22)23/h2-8,13H,9-10,12H2,1H3/t13-/m0/s1. The zero-order valence-corrected chi connectivity index (χ0v) is 14.1. The van der Waals surface area contributed by atoms with E-state index < -0.39 is 23.1 Å². The van der Waals surface area contributed by atoms with E-state index in [0.717, 1.165) is 11.8 Å². The molecule has 1 aliphatic rings. The molecule has 0 saturated carbocycles. The van der Waals surface area contributed by atoms with E-state index in [1.54, 1.807) is 4.90 Å². The Morgan fingerprint density at radius 1 is 1.08 bits per heavy atom. The smallest absolute Gasteiger partial charge is 0.365 e. The van der Waals surface area contributed by atoms with Gasteiger partial charge in [-0.1, -0.05) is 18.2 Å². The van der Waals surface area contributed by atoms with Crippen LogP contribution in [0, 0.1) is 17.1 Å². The minimum atomic E-state index is -4.91. The molecule has 26 heavy (non-hydrogen) atoms. The van der Waals surface area contributed by atoms with Crippen LogP contribution >= 0.6 is 0 Å². The molecule has 1 aliphatic heterocycles. The highest BCUT2D eigenvalue weighted by atomic mass is 19.4. The number of alkyl halides is 3. The Kier molecular flexibility index (Phi) is 4.77. The monoisotopic (exact) mass is 363 g/mol. The number of benzene rings is 2. The molecule has 136 valence electrons. The number of nitriles is 1. The first-order valence-electron chi connectivity index (χ1n) is 8.19. The summed E-state index contributed by atoms with van der Waals surface area (Å²) in [6.07, 6.45) is -4.91. The van der Waals surface area contributed by atoms with Crippen LogP contribution in [0.3, 0.4) is 0 Å². The maximum Gasteiger partial charge on any atom is 0.420 e. The van der Waals surface area contributed by atoms with Crippen LogP contribution in [0.5, 0.6) is 0 Å². The number of rotatable bonds is 2. The summed E-state index contributed by atoms with van der Waals surface area (Å²) in [6, 6.07) is 13.4. The Labute approximate surface area is 149 Å². The van der Waals surface area contributed by atoms with Crippen LogP contribution in [0.1, 0.15) is 18.1 Å². The minimum Gasteiger partial charge on any atom is -0.365 e. The summed E-state index contributed by atoms with van der Waals surface area (Å²) in [7, 11) is 0. The molecule has 0 bridgehead atoms. The molecule has 1 heterocycles. The third-order valence-corrected chi connectivity index (χ3v) is 4.58. The fourth-order valence-corrected chi connectivity index (χ4v) is 3.36. The maximum absolute atomic E-state index is 14.6. The van der Waals surface area contributed by atoms with E-state index in [4.69, 9.17) is 5.26 Å². The average molecular weight is 363 g/mol. The van der Waals surface area contributed by atoms with Gasteiger partial charge >= 0.3 is 6.18 Å². The molecule has 0 unspecified atom stereocenters. The summed E-state index contributed by atoms with van der Waals surface area (Å²) < 4.78 is 54.2. The normalized spacial score (nSPS) is 17.9. The molecule has 3 rings (SSSR count). The Balaban J connectivity index is 1.89. The summed E-state index contributed by atoms with van der Waals surface area (Å²) >= 11 is 0. The van der Waals surface area contributed by atoms with Gasteiger partial charge in [0.05, 0.1) is 17.3 Å². The molecule has 0 spiro atoms. The van der Waals surface area contributed by atoms with E-state index in [-0.39, 0.29) is 11.7 Å². The number of hydrogen-bond acceptors (Lipinski definition) is 3. The van der Waals surface area contributed by atoms with Gasteiger partial charge in [-0.2, -0.15) is 18.4 Å². The fraction of sp³-hybridized carbons (Fsp3) is 0.316. The fourth-order valence-electron chi connectivity index (χ4n) is 3.36. The second kappa shape index (κ2) is 6.87. The summed E-state index contributed by atoms with van der Waals surface area (Å²) in [6.45, 7) is 3.28. The first-order valence-corrected chi connectivity index (χ1v) is 8.19. The van der Waals surface area contributed by atoms with Gasteiger partial charge in [0, 0.05) is 31.4 Å². The van der Waals surface area contributed by atoms with Crippen molar-refractivity contribution in [3.05, 3.63) is 59.4 Å². The van der Waals surface area contributed by atoms with E-state index in [9.17, 15) is 17.6 Å². The van der Waals surface area contributed by atoms with E-state index >= 15 is 0 Å².